The van der Waals surface area contributed by atoms with Crippen LogP contribution in [0.25, 0.3) is 0 Å². The zero-order valence-corrected chi connectivity index (χ0v) is 22.7. The molecule has 5 rings (SSSR count). The van der Waals surface area contributed by atoms with Gasteiger partial charge in [0.15, 0.2) is 5.60 Å². The SMILES string of the molecule is C[C@H](CCC(O)C1CCOCC1)[C@H]1CC[C@H]2C3CC[C@H]4C[C@](O)(C(F)(F)F)CC[C@]4(C)[C@H]3CC[C@]12C. The maximum Gasteiger partial charge on any atom is 0.417 e. The second kappa shape index (κ2) is 9.70. The van der Waals surface area contributed by atoms with Crippen LogP contribution in [0.1, 0.15) is 104 Å². The molecule has 4 aliphatic carbocycles. The van der Waals surface area contributed by atoms with Crippen molar-refractivity contribution in [3.05, 3.63) is 0 Å². The fraction of sp³-hybridized carbons (Fsp3) is 1.00. The normalized spacial score (nSPS) is 47.5. The Bertz CT molecular complexity index is 782. The van der Waals surface area contributed by atoms with Crippen molar-refractivity contribution in [1.82, 2.24) is 0 Å². The molecule has 3 nitrogen and oxygen atoms in total. The first kappa shape index (κ1) is 27.2. The predicted octanol–water partition coefficient (Wildman–Crippen LogP) is 7.14. The molecule has 1 aliphatic heterocycles. The molecule has 6 heteroatoms. The van der Waals surface area contributed by atoms with Gasteiger partial charge in [-0.05, 0) is 136 Å². The third-order valence-electron chi connectivity index (χ3n) is 12.7. The van der Waals surface area contributed by atoms with Crippen molar-refractivity contribution in [2.45, 2.75) is 122 Å². The lowest BCUT2D eigenvalue weighted by atomic mass is 9.43. The summed E-state index contributed by atoms with van der Waals surface area (Å²) in [7, 11) is 0. The van der Waals surface area contributed by atoms with Crippen LogP contribution in [0.3, 0.4) is 0 Å². The van der Waals surface area contributed by atoms with E-state index in [0.29, 0.717) is 47.3 Å². The van der Waals surface area contributed by atoms with Crippen molar-refractivity contribution in [1.29, 1.82) is 0 Å². The minimum absolute atomic E-state index is 0.0220. The Balaban J connectivity index is 1.23. The summed E-state index contributed by atoms with van der Waals surface area (Å²) in [6.07, 6.45) is 6.12. The third-order valence-corrected chi connectivity index (χ3v) is 12.7. The highest BCUT2D eigenvalue weighted by molar-refractivity contribution is 5.11. The highest BCUT2D eigenvalue weighted by Crippen LogP contribution is 2.69. The number of hydrogen-bond donors (Lipinski definition) is 2. The van der Waals surface area contributed by atoms with Crippen LogP contribution in [0.2, 0.25) is 0 Å². The van der Waals surface area contributed by atoms with Gasteiger partial charge in [-0.1, -0.05) is 20.8 Å². The minimum Gasteiger partial charge on any atom is -0.393 e. The predicted molar refractivity (Wildman–Crippen MR) is 134 cm³/mol. The molecule has 0 spiro atoms. The van der Waals surface area contributed by atoms with Gasteiger partial charge in [-0.25, -0.2) is 0 Å². The summed E-state index contributed by atoms with van der Waals surface area (Å²) in [5.41, 5.74) is -2.25. The van der Waals surface area contributed by atoms with Gasteiger partial charge in [-0.2, -0.15) is 13.2 Å². The fourth-order valence-corrected chi connectivity index (χ4v) is 10.4. The van der Waals surface area contributed by atoms with Gasteiger partial charge in [0.2, 0.25) is 0 Å². The average Bonchev–Trinajstić information content (AvgIpc) is 3.20. The zero-order valence-electron chi connectivity index (χ0n) is 22.7. The Morgan fingerprint density at radius 1 is 0.861 bits per heavy atom. The van der Waals surface area contributed by atoms with Crippen molar-refractivity contribution in [2.24, 2.45) is 52.3 Å². The van der Waals surface area contributed by atoms with E-state index in [1.807, 2.05) is 0 Å². The number of ether oxygens (including phenoxy) is 1. The lowest BCUT2D eigenvalue weighted by Crippen LogP contribution is -2.59. The Morgan fingerprint density at radius 3 is 2.25 bits per heavy atom. The highest BCUT2D eigenvalue weighted by Gasteiger charge is 2.65. The number of halogens is 3. The van der Waals surface area contributed by atoms with E-state index in [1.54, 1.807) is 0 Å². The molecule has 2 unspecified atom stereocenters. The Morgan fingerprint density at radius 2 is 1.56 bits per heavy atom. The number of aliphatic hydroxyl groups is 2. The maximum absolute atomic E-state index is 13.6. The van der Waals surface area contributed by atoms with E-state index >= 15 is 0 Å². The van der Waals surface area contributed by atoms with E-state index in [9.17, 15) is 23.4 Å². The van der Waals surface area contributed by atoms with Gasteiger partial charge in [0.05, 0.1) is 6.10 Å². The van der Waals surface area contributed by atoms with Crippen LogP contribution in [-0.4, -0.2) is 41.3 Å². The standard InChI is InChI=1S/C30H49F3O3/c1-19(4-9-26(34)20-11-16-36-17-12-20)23-7-8-24-22-6-5-21-18-29(35,30(31,32)33)15-14-27(21,2)25(22)10-13-28(23,24)3/h19-26,34-35H,4-18H2,1-3H3/t19-,21+,22?,23-,24+,25+,26?,27+,28-,29+/m1/s1. The molecular weight excluding hydrogens is 465 g/mol. The van der Waals surface area contributed by atoms with Crippen LogP contribution in [0.4, 0.5) is 13.2 Å². The fourth-order valence-electron chi connectivity index (χ4n) is 10.4. The summed E-state index contributed by atoms with van der Waals surface area (Å²) in [6.45, 7) is 8.74. The molecule has 4 saturated carbocycles. The van der Waals surface area contributed by atoms with Gasteiger partial charge in [0.25, 0.3) is 0 Å². The summed E-state index contributed by atoms with van der Waals surface area (Å²) >= 11 is 0. The molecule has 10 atom stereocenters. The van der Waals surface area contributed by atoms with E-state index in [2.05, 4.69) is 20.8 Å². The molecule has 36 heavy (non-hydrogen) atoms. The van der Waals surface area contributed by atoms with Gasteiger partial charge in [0, 0.05) is 13.2 Å². The molecule has 0 aromatic heterocycles. The molecule has 0 radical (unpaired) electrons. The summed E-state index contributed by atoms with van der Waals surface area (Å²) in [5.74, 6) is 3.42. The van der Waals surface area contributed by atoms with Crippen LogP contribution < -0.4 is 0 Å². The molecular formula is C30H49F3O3. The van der Waals surface area contributed by atoms with E-state index in [4.69, 9.17) is 4.74 Å². The van der Waals surface area contributed by atoms with E-state index in [0.717, 1.165) is 58.2 Å². The molecule has 208 valence electrons. The Hall–Kier alpha value is -0.330. The van der Waals surface area contributed by atoms with E-state index in [1.165, 1.54) is 19.3 Å². The van der Waals surface area contributed by atoms with Gasteiger partial charge < -0.3 is 14.9 Å². The van der Waals surface area contributed by atoms with Crippen molar-refractivity contribution in [3.8, 4) is 0 Å². The van der Waals surface area contributed by atoms with Crippen molar-refractivity contribution < 1.29 is 28.1 Å². The summed E-state index contributed by atoms with van der Waals surface area (Å²) in [5, 5.41) is 21.3. The Labute approximate surface area is 215 Å². The van der Waals surface area contributed by atoms with Crippen LogP contribution in [0.15, 0.2) is 0 Å². The quantitative estimate of drug-likeness (QED) is 0.410. The van der Waals surface area contributed by atoms with Crippen LogP contribution in [0.5, 0.6) is 0 Å². The highest BCUT2D eigenvalue weighted by atomic mass is 19.4. The third kappa shape index (κ3) is 4.47. The molecule has 1 saturated heterocycles. The monoisotopic (exact) mass is 514 g/mol. The average molecular weight is 515 g/mol. The first-order valence-corrected chi connectivity index (χ1v) is 14.9. The lowest BCUT2D eigenvalue weighted by molar-refractivity contribution is -0.290. The van der Waals surface area contributed by atoms with E-state index in [-0.39, 0.29) is 30.3 Å². The number of rotatable bonds is 5. The van der Waals surface area contributed by atoms with Crippen molar-refractivity contribution in [3.63, 3.8) is 0 Å². The summed E-state index contributed by atoms with van der Waals surface area (Å²) < 4.78 is 46.4. The number of aliphatic hydroxyl groups excluding tert-OH is 1. The van der Waals surface area contributed by atoms with Gasteiger partial charge >= 0.3 is 6.18 Å². The number of fused-ring (bicyclic) bond motifs is 5. The van der Waals surface area contributed by atoms with Crippen LogP contribution >= 0.6 is 0 Å². The molecule has 0 bridgehead atoms. The van der Waals surface area contributed by atoms with E-state index < -0.39 is 11.8 Å². The van der Waals surface area contributed by atoms with Crippen molar-refractivity contribution in [2.75, 3.05) is 13.2 Å². The van der Waals surface area contributed by atoms with Gasteiger partial charge in [-0.3, -0.25) is 0 Å². The molecule has 5 aliphatic rings. The van der Waals surface area contributed by atoms with Crippen LogP contribution in [-0.2, 0) is 4.74 Å². The first-order valence-electron chi connectivity index (χ1n) is 14.9. The first-order chi connectivity index (χ1) is 16.9. The topological polar surface area (TPSA) is 49.7 Å². The zero-order chi connectivity index (χ0) is 25.9. The van der Waals surface area contributed by atoms with Gasteiger partial charge in [-0.15, -0.1) is 0 Å². The lowest BCUT2D eigenvalue weighted by Gasteiger charge is -2.62. The molecule has 1 heterocycles. The largest absolute Gasteiger partial charge is 0.417 e. The second-order valence-electron chi connectivity index (χ2n) is 14.2. The maximum atomic E-state index is 13.6. The second-order valence-corrected chi connectivity index (χ2v) is 14.2. The summed E-state index contributed by atoms with van der Waals surface area (Å²) in [4.78, 5) is 0. The molecule has 0 aromatic carbocycles. The van der Waals surface area contributed by atoms with Crippen LogP contribution in [0, 0.1) is 52.3 Å². The molecule has 0 amide bonds. The number of hydrogen-bond acceptors (Lipinski definition) is 3. The molecule has 2 N–H and O–H groups in total. The Kier molecular flexibility index (Phi) is 7.34. The molecule has 0 aromatic rings. The van der Waals surface area contributed by atoms with Crippen molar-refractivity contribution >= 4 is 0 Å². The smallest absolute Gasteiger partial charge is 0.393 e. The summed E-state index contributed by atoms with van der Waals surface area (Å²) in [6, 6.07) is 0. The van der Waals surface area contributed by atoms with Gasteiger partial charge in [0.1, 0.15) is 0 Å². The minimum atomic E-state index is -4.52. The number of alkyl halides is 3. The molecule has 5 fully saturated rings.